The quantitative estimate of drug-likeness (QED) is 0.604. The minimum atomic E-state index is -0.843. The van der Waals surface area contributed by atoms with Crippen LogP contribution in [0.5, 0.6) is 5.75 Å². The van der Waals surface area contributed by atoms with Gasteiger partial charge in [0.2, 0.25) is 5.82 Å². The Bertz CT molecular complexity index is 656. The molecule has 0 N–H and O–H groups in total. The Kier molecular flexibility index (Phi) is 4.52. The van der Waals surface area contributed by atoms with E-state index in [-0.39, 0.29) is 18.1 Å². The van der Waals surface area contributed by atoms with E-state index in [0.29, 0.717) is 5.75 Å². The maximum Gasteiger partial charge on any atom is 0.305 e. The fourth-order valence-corrected chi connectivity index (χ4v) is 2.06. The molecule has 2 aromatic rings. The maximum atomic E-state index is 14.0. The number of ether oxygens (including phenoxy) is 1. The van der Waals surface area contributed by atoms with Gasteiger partial charge in [0.05, 0.1) is 4.92 Å². The third kappa shape index (κ3) is 3.37. The summed E-state index contributed by atoms with van der Waals surface area (Å²) >= 11 is 0. The summed E-state index contributed by atoms with van der Waals surface area (Å²) in [6.07, 6.45) is 0. The number of nitrogens with zero attached hydrogens (tertiary/aromatic N) is 1. The summed E-state index contributed by atoms with van der Waals surface area (Å²) in [4.78, 5) is 9.98. The zero-order valence-electron chi connectivity index (χ0n) is 11.9. The SMILES string of the molecule is CC(C)c1ccccc1OCc1cccc([N+](=O)[O-])c1F. The number of hydrogen-bond acceptors (Lipinski definition) is 3. The molecular weight excluding hydrogens is 273 g/mol. The first-order valence-corrected chi connectivity index (χ1v) is 6.64. The highest BCUT2D eigenvalue weighted by Crippen LogP contribution is 2.27. The summed E-state index contributed by atoms with van der Waals surface area (Å²) in [6.45, 7) is 4.03. The summed E-state index contributed by atoms with van der Waals surface area (Å²) in [5, 5.41) is 10.7. The van der Waals surface area contributed by atoms with Crippen LogP contribution in [0, 0.1) is 15.9 Å². The van der Waals surface area contributed by atoms with Gasteiger partial charge in [-0.3, -0.25) is 10.1 Å². The van der Waals surface area contributed by atoms with Gasteiger partial charge in [-0.1, -0.05) is 44.2 Å². The molecule has 0 fully saturated rings. The van der Waals surface area contributed by atoms with Crippen LogP contribution >= 0.6 is 0 Å². The number of benzene rings is 2. The summed E-state index contributed by atoms with van der Waals surface area (Å²) in [6, 6.07) is 11.6. The van der Waals surface area contributed by atoms with Gasteiger partial charge in [0.15, 0.2) is 0 Å². The largest absolute Gasteiger partial charge is 0.489 e. The van der Waals surface area contributed by atoms with Crippen molar-refractivity contribution in [1.29, 1.82) is 0 Å². The molecule has 0 atom stereocenters. The smallest absolute Gasteiger partial charge is 0.305 e. The van der Waals surface area contributed by atoms with Gasteiger partial charge in [-0.15, -0.1) is 0 Å². The lowest BCUT2D eigenvalue weighted by molar-refractivity contribution is -0.387. The highest BCUT2D eigenvalue weighted by Gasteiger charge is 2.17. The molecule has 0 aliphatic heterocycles. The van der Waals surface area contributed by atoms with Gasteiger partial charge in [-0.05, 0) is 17.5 Å². The third-order valence-corrected chi connectivity index (χ3v) is 3.18. The number of halogens is 1. The summed E-state index contributed by atoms with van der Waals surface area (Å²) < 4.78 is 19.6. The Morgan fingerprint density at radius 3 is 2.57 bits per heavy atom. The van der Waals surface area contributed by atoms with Crippen LogP contribution in [-0.2, 0) is 6.61 Å². The van der Waals surface area contributed by atoms with Crippen LogP contribution in [-0.4, -0.2) is 4.92 Å². The summed E-state index contributed by atoms with van der Waals surface area (Å²) in [5.41, 5.74) is 0.652. The molecule has 2 aromatic carbocycles. The van der Waals surface area contributed by atoms with Crippen molar-refractivity contribution in [2.45, 2.75) is 26.4 Å². The van der Waals surface area contributed by atoms with Gasteiger partial charge in [-0.25, -0.2) is 0 Å². The van der Waals surface area contributed by atoms with Crippen LogP contribution in [0.3, 0.4) is 0 Å². The zero-order valence-corrected chi connectivity index (χ0v) is 11.9. The Balaban J connectivity index is 2.21. The molecule has 0 aliphatic carbocycles. The second kappa shape index (κ2) is 6.35. The maximum absolute atomic E-state index is 14.0. The van der Waals surface area contributed by atoms with Gasteiger partial charge in [0, 0.05) is 11.6 Å². The Morgan fingerprint density at radius 1 is 1.19 bits per heavy atom. The van der Waals surface area contributed by atoms with Crippen molar-refractivity contribution < 1.29 is 14.1 Å². The lowest BCUT2D eigenvalue weighted by atomic mass is 10.0. The van der Waals surface area contributed by atoms with Crippen LogP contribution in [0.2, 0.25) is 0 Å². The molecule has 0 aliphatic rings. The molecule has 0 spiro atoms. The molecule has 0 heterocycles. The molecule has 0 bridgehead atoms. The number of hydrogen-bond donors (Lipinski definition) is 0. The van der Waals surface area contributed by atoms with Crippen molar-refractivity contribution in [3.05, 3.63) is 69.5 Å². The number of nitro benzene ring substituents is 1. The molecule has 0 unspecified atom stereocenters. The van der Waals surface area contributed by atoms with Gasteiger partial charge in [0.1, 0.15) is 12.4 Å². The van der Waals surface area contributed by atoms with Crippen LogP contribution in [0.15, 0.2) is 42.5 Å². The molecule has 21 heavy (non-hydrogen) atoms. The van der Waals surface area contributed by atoms with E-state index in [4.69, 9.17) is 4.74 Å². The van der Waals surface area contributed by atoms with E-state index in [0.717, 1.165) is 11.6 Å². The third-order valence-electron chi connectivity index (χ3n) is 3.18. The standard InChI is InChI=1S/C16H16FNO3/c1-11(2)13-7-3-4-9-15(13)21-10-12-6-5-8-14(16(12)17)18(19)20/h3-9,11H,10H2,1-2H3. The van der Waals surface area contributed by atoms with Crippen molar-refractivity contribution in [3.8, 4) is 5.75 Å². The predicted octanol–water partition coefficient (Wildman–Crippen LogP) is 4.44. The molecule has 0 radical (unpaired) electrons. The number of nitro groups is 1. The molecule has 0 amide bonds. The van der Waals surface area contributed by atoms with Crippen LogP contribution < -0.4 is 4.74 Å². The topological polar surface area (TPSA) is 52.4 Å². The minimum absolute atomic E-state index is 0.0444. The summed E-state index contributed by atoms with van der Waals surface area (Å²) in [7, 11) is 0. The van der Waals surface area contributed by atoms with E-state index < -0.39 is 16.4 Å². The Morgan fingerprint density at radius 2 is 1.90 bits per heavy atom. The lowest BCUT2D eigenvalue weighted by Crippen LogP contribution is -2.03. The molecule has 4 nitrogen and oxygen atoms in total. The lowest BCUT2D eigenvalue weighted by Gasteiger charge is -2.14. The first-order chi connectivity index (χ1) is 10.0. The van der Waals surface area contributed by atoms with Crippen molar-refractivity contribution >= 4 is 5.69 Å². The van der Waals surface area contributed by atoms with Crippen molar-refractivity contribution in [2.75, 3.05) is 0 Å². The monoisotopic (exact) mass is 289 g/mol. The predicted molar refractivity (Wildman–Crippen MR) is 77.9 cm³/mol. The number of rotatable bonds is 5. The van der Waals surface area contributed by atoms with E-state index in [1.54, 1.807) is 0 Å². The van der Waals surface area contributed by atoms with Crippen LogP contribution in [0.1, 0.15) is 30.9 Å². The molecule has 0 saturated heterocycles. The molecule has 0 aromatic heterocycles. The average Bonchev–Trinajstić information content (AvgIpc) is 2.46. The minimum Gasteiger partial charge on any atom is -0.489 e. The second-order valence-electron chi connectivity index (χ2n) is 4.99. The van der Waals surface area contributed by atoms with E-state index in [1.807, 2.05) is 38.1 Å². The summed E-state index contributed by atoms with van der Waals surface area (Å²) in [5.74, 6) is 0.0964. The first kappa shape index (κ1) is 15.0. The number of para-hydroxylation sites is 1. The van der Waals surface area contributed by atoms with Gasteiger partial charge in [-0.2, -0.15) is 4.39 Å². The van der Waals surface area contributed by atoms with Gasteiger partial charge >= 0.3 is 5.69 Å². The highest BCUT2D eigenvalue weighted by atomic mass is 19.1. The fourth-order valence-electron chi connectivity index (χ4n) is 2.06. The normalized spacial score (nSPS) is 10.7. The fraction of sp³-hybridized carbons (Fsp3) is 0.250. The second-order valence-corrected chi connectivity index (χ2v) is 4.99. The van der Waals surface area contributed by atoms with Gasteiger partial charge in [0.25, 0.3) is 0 Å². The van der Waals surface area contributed by atoms with E-state index in [2.05, 4.69) is 0 Å². The zero-order chi connectivity index (χ0) is 15.4. The first-order valence-electron chi connectivity index (χ1n) is 6.64. The molecule has 0 saturated carbocycles. The molecule has 110 valence electrons. The van der Waals surface area contributed by atoms with Crippen molar-refractivity contribution in [3.63, 3.8) is 0 Å². The van der Waals surface area contributed by atoms with Crippen LogP contribution in [0.4, 0.5) is 10.1 Å². The molecular formula is C16H16FNO3. The average molecular weight is 289 g/mol. The van der Waals surface area contributed by atoms with E-state index >= 15 is 0 Å². The Hall–Kier alpha value is -2.43. The molecule has 5 heteroatoms. The van der Waals surface area contributed by atoms with E-state index in [1.165, 1.54) is 12.1 Å². The van der Waals surface area contributed by atoms with Crippen LogP contribution in [0.25, 0.3) is 0 Å². The molecule has 2 rings (SSSR count). The van der Waals surface area contributed by atoms with E-state index in [9.17, 15) is 14.5 Å². The van der Waals surface area contributed by atoms with Crippen molar-refractivity contribution in [2.24, 2.45) is 0 Å². The van der Waals surface area contributed by atoms with Crippen molar-refractivity contribution in [1.82, 2.24) is 0 Å². The van der Waals surface area contributed by atoms with Gasteiger partial charge < -0.3 is 4.74 Å². The Labute approximate surface area is 122 Å². The highest BCUT2D eigenvalue weighted by molar-refractivity contribution is 5.38.